The second-order valence-electron chi connectivity index (χ2n) is 3.49. The molecular weight excluding hydrogens is 178 g/mol. The lowest BCUT2D eigenvalue weighted by Gasteiger charge is -1.99. The minimum atomic E-state index is 0.0376. The quantitative estimate of drug-likeness (QED) is 0.559. The molecule has 1 aromatic heterocycles. The van der Waals surface area contributed by atoms with Crippen molar-refractivity contribution >= 4 is 0 Å². The van der Waals surface area contributed by atoms with Gasteiger partial charge in [-0.2, -0.15) is 0 Å². The highest BCUT2D eigenvalue weighted by Crippen LogP contribution is 2.16. The van der Waals surface area contributed by atoms with Crippen molar-refractivity contribution in [2.24, 2.45) is 0 Å². The highest BCUT2D eigenvalue weighted by atomic mass is 16.5. The van der Waals surface area contributed by atoms with Crippen LogP contribution < -0.4 is 0 Å². The molecule has 1 aromatic rings. The zero-order valence-electron chi connectivity index (χ0n) is 8.57. The Morgan fingerprint density at radius 3 is 3.14 bits per heavy atom. The van der Waals surface area contributed by atoms with Gasteiger partial charge >= 0.3 is 0 Å². The Balaban J connectivity index is 2.46. The van der Waals surface area contributed by atoms with E-state index in [1.807, 2.05) is 19.1 Å². The summed E-state index contributed by atoms with van der Waals surface area (Å²) in [6.07, 6.45) is 4.85. The van der Waals surface area contributed by atoms with Crippen LogP contribution in [0.1, 0.15) is 37.1 Å². The van der Waals surface area contributed by atoms with Gasteiger partial charge in [0.05, 0.1) is 12.3 Å². The molecular formula is C11H17NO2. The van der Waals surface area contributed by atoms with Crippen LogP contribution in [-0.4, -0.2) is 16.9 Å². The first-order valence-corrected chi connectivity index (χ1v) is 4.95. The molecule has 0 bridgehead atoms. The van der Waals surface area contributed by atoms with E-state index in [4.69, 9.17) is 9.63 Å². The zero-order valence-corrected chi connectivity index (χ0v) is 8.57. The molecule has 0 aliphatic rings. The monoisotopic (exact) mass is 195 g/mol. The van der Waals surface area contributed by atoms with E-state index >= 15 is 0 Å². The van der Waals surface area contributed by atoms with Gasteiger partial charge in [0.25, 0.3) is 0 Å². The highest BCUT2D eigenvalue weighted by molar-refractivity contribution is 5.09. The average molecular weight is 195 g/mol. The third-order valence-corrected chi connectivity index (χ3v) is 2.18. The second-order valence-corrected chi connectivity index (χ2v) is 3.49. The number of aliphatic hydroxyl groups excluding tert-OH is 1. The summed E-state index contributed by atoms with van der Waals surface area (Å²) in [6.45, 7) is 5.67. The van der Waals surface area contributed by atoms with E-state index < -0.39 is 0 Å². The van der Waals surface area contributed by atoms with Crippen molar-refractivity contribution in [3.8, 4) is 0 Å². The van der Waals surface area contributed by atoms with Gasteiger partial charge in [0.15, 0.2) is 0 Å². The average Bonchev–Trinajstić information content (AvgIpc) is 2.66. The van der Waals surface area contributed by atoms with E-state index in [2.05, 4.69) is 11.7 Å². The fourth-order valence-corrected chi connectivity index (χ4v) is 1.20. The van der Waals surface area contributed by atoms with Crippen LogP contribution in [0.2, 0.25) is 0 Å². The Morgan fingerprint density at radius 2 is 2.50 bits per heavy atom. The van der Waals surface area contributed by atoms with Gasteiger partial charge in [0.1, 0.15) is 5.76 Å². The predicted octanol–water partition coefficient (Wildman–Crippen LogP) is 2.28. The van der Waals surface area contributed by atoms with Crippen LogP contribution in [0.5, 0.6) is 0 Å². The number of hydrogen-bond donors (Lipinski definition) is 1. The molecule has 1 atom stereocenters. The van der Waals surface area contributed by atoms with Crippen molar-refractivity contribution in [1.82, 2.24) is 5.16 Å². The number of aliphatic hydroxyl groups is 1. The number of hydrogen-bond acceptors (Lipinski definition) is 3. The van der Waals surface area contributed by atoms with E-state index in [9.17, 15) is 0 Å². The van der Waals surface area contributed by atoms with Crippen LogP contribution in [0.15, 0.2) is 23.2 Å². The summed E-state index contributed by atoms with van der Waals surface area (Å²) < 4.78 is 5.11. The van der Waals surface area contributed by atoms with E-state index in [0.29, 0.717) is 0 Å². The van der Waals surface area contributed by atoms with Gasteiger partial charge in [-0.25, -0.2) is 0 Å². The smallest absolute Gasteiger partial charge is 0.142 e. The van der Waals surface area contributed by atoms with Crippen LogP contribution >= 0.6 is 0 Å². The molecule has 0 aliphatic heterocycles. The van der Waals surface area contributed by atoms with Gasteiger partial charge in [0, 0.05) is 12.0 Å². The predicted molar refractivity (Wildman–Crippen MR) is 55.1 cm³/mol. The molecule has 0 fully saturated rings. The minimum absolute atomic E-state index is 0.0376. The van der Waals surface area contributed by atoms with Crippen molar-refractivity contribution in [2.75, 3.05) is 6.61 Å². The Hall–Kier alpha value is -1.09. The largest absolute Gasteiger partial charge is 0.396 e. The van der Waals surface area contributed by atoms with Crippen molar-refractivity contribution in [3.63, 3.8) is 0 Å². The molecule has 14 heavy (non-hydrogen) atoms. The van der Waals surface area contributed by atoms with Gasteiger partial charge in [-0.1, -0.05) is 18.2 Å². The molecule has 0 amide bonds. The van der Waals surface area contributed by atoms with E-state index in [-0.39, 0.29) is 12.5 Å². The van der Waals surface area contributed by atoms with E-state index in [1.165, 1.54) is 0 Å². The van der Waals surface area contributed by atoms with Crippen LogP contribution in [0.4, 0.5) is 0 Å². The van der Waals surface area contributed by atoms with Gasteiger partial charge in [0.2, 0.25) is 0 Å². The number of aryl methyl sites for hydroxylation is 1. The lowest BCUT2D eigenvalue weighted by Crippen LogP contribution is -1.96. The molecule has 0 radical (unpaired) electrons. The van der Waals surface area contributed by atoms with Crippen molar-refractivity contribution in [1.29, 1.82) is 0 Å². The number of unbranched alkanes of at least 4 members (excludes halogenated alkanes) is 1. The maximum absolute atomic E-state index is 8.91. The topological polar surface area (TPSA) is 46.3 Å². The maximum atomic E-state index is 8.91. The summed E-state index contributed by atoms with van der Waals surface area (Å²) in [5, 5.41) is 12.8. The molecule has 0 saturated carbocycles. The van der Waals surface area contributed by atoms with Crippen LogP contribution in [0, 0.1) is 0 Å². The summed E-state index contributed by atoms with van der Waals surface area (Å²) in [5.74, 6) is 0.803. The van der Waals surface area contributed by atoms with Gasteiger partial charge in [-0.15, -0.1) is 6.58 Å². The summed E-state index contributed by atoms with van der Waals surface area (Å²) >= 11 is 0. The summed E-state index contributed by atoms with van der Waals surface area (Å²) in [5.41, 5.74) is 0.960. The molecule has 0 spiro atoms. The zero-order chi connectivity index (χ0) is 10.4. The SMILES string of the molecule is C=CCCCc1cc(C(C)CO)on1. The van der Waals surface area contributed by atoms with Gasteiger partial charge in [-0.05, 0) is 19.3 Å². The number of nitrogens with zero attached hydrogens (tertiary/aromatic N) is 1. The normalized spacial score (nSPS) is 12.7. The third-order valence-electron chi connectivity index (χ3n) is 2.18. The molecule has 0 saturated heterocycles. The first-order valence-electron chi connectivity index (χ1n) is 4.95. The summed E-state index contributed by atoms with van der Waals surface area (Å²) in [4.78, 5) is 0. The fourth-order valence-electron chi connectivity index (χ4n) is 1.20. The summed E-state index contributed by atoms with van der Waals surface area (Å²) in [7, 11) is 0. The first-order chi connectivity index (χ1) is 6.77. The Bertz CT molecular complexity index is 281. The standard InChI is InChI=1S/C11H17NO2/c1-3-4-5-6-10-7-11(14-12-10)9(2)8-13/h3,7,9,13H,1,4-6,8H2,2H3. The minimum Gasteiger partial charge on any atom is -0.396 e. The maximum Gasteiger partial charge on any atom is 0.142 e. The lowest BCUT2D eigenvalue weighted by atomic mass is 10.1. The highest BCUT2D eigenvalue weighted by Gasteiger charge is 2.10. The summed E-state index contributed by atoms with van der Waals surface area (Å²) in [6, 6.07) is 1.92. The van der Waals surface area contributed by atoms with Crippen LogP contribution in [0.25, 0.3) is 0 Å². The van der Waals surface area contributed by atoms with Gasteiger partial charge in [-0.3, -0.25) is 0 Å². The van der Waals surface area contributed by atoms with Crippen molar-refractivity contribution < 1.29 is 9.63 Å². The number of rotatable bonds is 6. The Morgan fingerprint density at radius 1 is 1.71 bits per heavy atom. The molecule has 0 aromatic carbocycles. The fraction of sp³-hybridized carbons (Fsp3) is 0.545. The Kier molecular flexibility index (Phi) is 4.40. The van der Waals surface area contributed by atoms with Crippen molar-refractivity contribution in [2.45, 2.75) is 32.1 Å². The van der Waals surface area contributed by atoms with Gasteiger partial charge < -0.3 is 9.63 Å². The second kappa shape index (κ2) is 5.60. The molecule has 1 N–H and O–H groups in total. The van der Waals surface area contributed by atoms with E-state index in [1.54, 1.807) is 0 Å². The molecule has 1 rings (SSSR count). The van der Waals surface area contributed by atoms with E-state index in [0.717, 1.165) is 30.7 Å². The molecule has 0 aliphatic carbocycles. The molecule has 3 heteroatoms. The molecule has 1 heterocycles. The lowest BCUT2D eigenvalue weighted by molar-refractivity contribution is 0.246. The molecule has 1 unspecified atom stereocenters. The molecule has 78 valence electrons. The number of allylic oxidation sites excluding steroid dienone is 1. The Labute approximate surface area is 84.4 Å². The number of aromatic nitrogens is 1. The van der Waals surface area contributed by atoms with Crippen LogP contribution in [-0.2, 0) is 6.42 Å². The van der Waals surface area contributed by atoms with Crippen molar-refractivity contribution in [3.05, 3.63) is 30.2 Å². The third kappa shape index (κ3) is 3.00. The first kappa shape index (κ1) is 11.0. The van der Waals surface area contributed by atoms with Crippen LogP contribution in [0.3, 0.4) is 0 Å². The molecule has 3 nitrogen and oxygen atoms in total.